The molecule has 12 rings (SSSR count). The standard InChI is InChI=1S/C62H47N5S/c1-40-32-41(2)35-44(34-40)59-52-31-29-50(66(47-20-10-6-11-21-47)62-64-56-25-15-17-27-58(56)68-62)39-54(52)60(45-36-42(3)33-43(4)37-45)51-30-28-49(38-53(51)59)65(46-18-8-5-9-19-46)61-63-55-24-14-16-26-57(55)67(61)48-22-12-7-13-23-48/h5-39H,1-4H3. The van der Waals surface area contributed by atoms with Crippen molar-refractivity contribution in [3.05, 3.63) is 235 Å². The molecule has 0 aliphatic carbocycles. The number of aromatic nitrogens is 3. The molecule has 2 heterocycles. The van der Waals surface area contributed by atoms with Gasteiger partial charge in [-0.3, -0.25) is 14.4 Å². The molecule has 0 saturated heterocycles. The number of anilines is 6. The van der Waals surface area contributed by atoms with Crippen molar-refractivity contribution >= 4 is 88.0 Å². The third-order valence-corrected chi connectivity index (χ3v) is 13.9. The van der Waals surface area contributed by atoms with E-state index in [0.29, 0.717) is 0 Å². The highest BCUT2D eigenvalue weighted by atomic mass is 32.1. The maximum atomic E-state index is 5.43. The van der Waals surface area contributed by atoms with E-state index in [1.54, 1.807) is 11.3 Å². The first-order valence-electron chi connectivity index (χ1n) is 23.1. The summed E-state index contributed by atoms with van der Waals surface area (Å²) in [6, 6.07) is 76.7. The Morgan fingerprint density at radius 2 is 0.853 bits per heavy atom. The van der Waals surface area contributed by atoms with Gasteiger partial charge in [0.1, 0.15) is 0 Å². The molecule has 326 valence electrons. The van der Waals surface area contributed by atoms with Crippen LogP contribution in [0.3, 0.4) is 0 Å². The van der Waals surface area contributed by atoms with E-state index in [0.717, 1.165) is 66.2 Å². The van der Waals surface area contributed by atoms with Crippen LogP contribution in [0.5, 0.6) is 0 Å². The Hall–Kier alpha value is -8.32. The fraction of sp³-hybridized carbons (Fsp3) is 0.0645. The second-order valence-corrected chi connectivity index (χ2v) is 18.8. The average molecular weight is 894 g/mol. The van der Waals surface area contributed by atoms with Gasteiger partial charge in [0.15, 0.2) is 5.13 Å². The van der Waals surface area contributed by atoms with E-state index < -0.39 is 0 Å². The van der Waals surface area contributed by atoms with Gasteiger partial charge in [0, 0.05) is 28.4 Å². The highest BCUT2D eigenvalue weighted by Gasteiger charge is 2.26. The van der Waals surface area contributed by atoms with Crippen LogP contribution in [0.2, 0.25) is 0 Å². The van der Waals surface area contributed by atoms with Gasteiger partial charge in [0.25, 0.3) is 0 Å². The monoisotopic (exact) mass is 893 g/mol. The van der Waals surface area contributed by atoms with E-state index in [-0.39, 0.29) is 0 Å². The molecule has 0 amide bonds. The third-order valence-electron chi connectivity index (χ3n) is 12.9. The van der Waals surface area contributed by atoms with Gasteiger partial charge in [-0.1, -0.05) is 161 Å². The van der Waals surface area contributed by atoms with Crippen LogP contribution in [0.1, 0.15) is 22.3 Å². The lowest BCUT2D eigenvalue weighted by Gasteiger charge is -2.27. The Balaban J connectivity index is 1.19. The maximum absolute atomic E-state index is 5.43. The van der Waals surface area contributed by atoms with Gasteiger partial charge in [-0.05, 0) is 156 Å². The molecule has 5 nitrogen and oxygen atoms in total. The number of fused-ring (bicyclic) bond motifs is 4. The number of imidazole rings is 1. The van der Waals surface area contributed by atoms with Crippen molar-refractivity contribution in [1.29, 1.82) is 0 Å². The number of hydrogen-bond donors (Lipinski definition) is 0. The Morgan fingerprint density at radius 1 is 0.382 bits per heavy atom. The Labute approximate surface area is 400 Å². The summed E-state index contributed by atoms with van der Waals surface area (Å²) >= 11 is 1.72. The number of thiazole rings is 1. The van der Waals surface area contributed by atoms with Crippen molar-refractivity contribution in [1.82, 2.24) is 14.5 Å². The van der Waals surface area contributed by atoms with Crippen molar-refractivity contribution < 1.29 is 0 Å². The molecule has 0 N–H and O–H groups in total. The van der Waals surface area contributed by atoms with Gasteiger partial charge in [-0.2, -0.15) is 0 Å². The van der Waals surface area contributed by atoms with Gasteiger partial charge in [-0.25, -0.2) is 9.97 Å². The zero-order valence-corrected chi connectivity index (χ0v) is 39.2. The fourth-order valence-electron chi connectivity index (χ4n) is 10.2. The van der Waals surface area contributed by atoms with Crippen molar-refractivity contribution in [2.45, 2.75) is 27.7 Å². The first-order valence-corrected chi connectivity index (χ1v) is 24.0. The second kappa shape index (κ2) is 16.8. The molecule has 0 bridgehead atoms. The minimum Gasteiger partial charge on any atom is -0.286 e. The lowest BCUT2D eigenvalue weighted by molar-refractivity contribution is 1.04. The van der Waals surface area contributed by atoms with E-state index >= 15 is 0 Å². The molecular weight excluding hydrogens is 847 g/mol. The summed E-state index contributed by atoms with van der Waals surface area (Å²) < 4.78 is 3.44. The minimum absolute atomic E-state index is 0.812. The van der Waals surface area contributed by atoms with Gasteiger partial charge in [0.2, 0.25) is 5.95 Å². The predicted molar refractivity (Wildman–Crippen MR) is 288 cm³/mol. The Kier molecular flexibility index (Phi) is 10.2. The van der Waals surface area contributed by atoms with Gasteiger partial charge >= 0.3 is 0 Å². The lowest BCUT2D eigenvalue weighted by atomic mass is 9.84. The zero-order valence-electron chi connectivity index (χ0n) is 38.4. The second-order valence-electron chi connectivity index (χ2n) is 17.8. The molecule has 2 aromatic heterocycles. The van der Waals surface area contributed by atoms with Crippen molar-refractivity contribution in [3.8, 4) is 27.9 Å². The molecule has 6 heteroatoms. The molecule has 12 aromatic rings. The molecule has 0 unspecified atom stereocenters. The molecule has 10 aromatic carbocycles. The summed E-state index contributed by atoms with van der Waals surface area (Å²) in [6.07, 6.45) is 0. The van der Waals surface area contributed by atoms with Gasteiger partial charge in [-0.15, -0.1) is 0 Å². The van der Waals surface area contributed by atoms with Crippen LogP contribution in [-0.2, 0) is 0 Å². The summed E-state index contributed by atoms with van der Waals surface area (Å²) in [7, 11) is 0. The molecule has 0 saturated carbocycles. The van der Waals surface area contributed by atoms with Crippen molar-refractivity contribution in [2.24, 2.45) is 0 Å². The maximum Gasteiger partial charge on any atom is 0.220 e. The SMILES string of the molecule is Cc1cc(C)cc(-c2c3ccc(N(c4ccccc4)c4nc5ccccc5n4-c4ccccc4)cc3c(-c3cc(C)cc(C)c3)c3ccc(N(c4ccccc4)c4nc5ccccc5s4)cc23)c1. The Bertz CT molecular complexity index is 3780. The van der Waals surface area contributed by atoms with E-state index in [9.17, 15) is 0 Å². The summed E-state index contributed by atoms with van der Waals surface area (Å²) in [6.45, 7) is 8.81. The lowest BCUT2D eigenvalue weighted by Crippen LogP contribution is -2.15. The van der Waals surface area contributed by atoms with Gasteiger partial charge < -0.3 is 0 Å². The first kappa shape index (κ1) is 41.1. The molecule has 0 atom stereocenters. The normalized spacial score (nSPS) is 11.5. The van der Waals surface area contributed by atoms with Crippen LogP contribution < -0.4 is 9.80 Å². The number of para-hydroxylation sites is 6. The summed E-state index contributed by atoms with van der Waals surface area (Å²) in [5.41, 5.74) is 17.8. The number of hydrogen-bond acceptors (Lipinski definition) is 5. The molecule has 0 aliphatic rings. The van der Waals surface area contributed by atoms with Crippen LogP contribution >= 0.6 is 11.3 Å². The highest BCUT2D eigenvalue weighted by Crippen LogP contribution is 2.49. The topological polar surface area (TPSA) is 37.2 Å². The Morgan fingerprint density at radius 3 is 1.41 bits per heavy atom. The largest absolute Gasteiger partial charge is 0.286 e. The summed E-state index contributed by atoms with van der Waals surface area (Å²) in [4.78, 5) is 15.3. The molecule has 0 spiro atoms. The average Bonchev–Trinajstić information content (AvgIpc) is 3.95. The van der Waals surface area contributed by atoms with Gasteiger partial charge in [0.05, 0.1) is 21.3 Å². The van der Waals surface area contributed by atoms with Crippen molar-refractivity contribution in [2.75, 3.05) is 9.80 Å². The smallest absolute Gasteiger partial charge is 0.220 e. The molecule has 68 heavy (non-hydrogen) atoms. The first-order chi connectivity index (χ1) is 33.3. The number of benzene rings is 10. The summed E-state index contributed by atoms with van der Waals surface area (Å²) in [5.74, 6) is 0.812. The van der Waals surface area contributed by atoms with E-state index in [1.807, 2.05) is 0 Å². The van der Waals surface area contributed by atoms with Crippen LogP contribution in [0.25, 0.3) is 70.7 Å². The number of nitrogens with zero attached hydrogens (tertiary/aromatic N) is 5. The molecule has 0 aliphatic heterocycles. The zero-order chi connectivity index (χ0) is 45.9. The van der Waals surface area contributed by atoms with Crippen LogP contribution in [0.15, 0.2) is 212 Å². The number of aryl methyl sites for hydroxylation is 4. The van der Waals surface area contributed by atoms with E-state index in [2.05, 4.69) is 254 Å². The minimum atomic E-state index is 0.812. The van der Waals surface area contributed by atoms with Crippen LogP contribution in [-0.4, -0.2) is 14.5 Å². The third kappa shape index (κ3) is 7.27. The fourth-order valence-corrected chi connectivity index (χ4v) is 11.2. The highest BCUT2D eigenvalue weighted by molar-refractivity contribution is 7.22. The molecular formula is C62H47N5S. The molecule has 0 fully saturated rings. The van der Waals surface area contributed by atoms with Crippen molar-refractivity contribution in [3.63, 3.8) is 0 Å². The quantitative estimate of drug-likeness (QED) is 0.135. The number of rotatable bonds is 9. The van der Waals surface area contributed by atoms with Crippen LogP contribution in [0, 0.1) is 27.7 Å². The van der Waals surface area contributed by atoms with E-state index in [4.69, 9.17) is 9.97 Å². The van der Waals surface area contributed by atoms with Crippen LogP contribution in [0.4, 0.5) is 33.8 Å². The summed E-state index contributed by atoms with van der Waals surface area (Å²) in [5, 5.41) is 5.62. The predicted octanol–water partition coefficient (Wildman–Crippen LogP) is 17.4. The van der Waals surface area contributed by atoms with E-state index in [1.165, 1.54) is 60.7 Å². The molecule has 0 radical (unpaired) electrons.